The summed E-state index contributed by atoms with van der Waals surface area (Å²) in [6.07, 6.45) is 1.85. The lowest BCUT2D eigenvalue weighted by molar-refractivity contribution is -0.139. The van der Waals surface area contributed by atoms with Crippen LogP contribution < -0.4 is 5.73 Å². The molecule has 1 aromatic carbocycles. The molecule has 0 radical (unpaired) electrons. The molecule has 1 unspecified atom stereocenters. The molecule has 0 aliphatic rings. The number of aliphatic hydroxyl groups excluding tert-OH is 1. The van der Waals surface area contributed by atoms with Gasteiger partial charge in [-0.2, -0.15) is 0 Å². The van der Waals surface area contributed by atoms with Gasteiger partial charge in [0.1, 0.15) is 6.04 Å². The Kier molecular flexibility index (Phi) is 8.88. The molecule has 0 fully saturated rings. The average Bonchev–Trinajstić information content (AvgIpc) is 2.37. The first kappa shape index (κ1) is 16.6. The smallest absolute Gasteiger partial charge is 0.320 e. The second kappa shape index (κ2) is 9.62. The normalized spacial score (nSPS) is 11.6. The van der Waals surface area contributed by atoms with Gasteiger partial charge in [0.05, 0.1) is 0 Å². The van der Waals surface area contributed by atoms with Gasteiger partial charge in [-0.1, -0.05) is 44.2 Å². The van der Waals surface area contributed by atoms with E-state index in [2.05, 4.69) is 12.1 Å². The minimum atomic E-state index is -0.931. The van der Waals surface area contributed by atoms with Crippen molar-refractivity contribution in [2.45, 2.75) is 32.7 Å². The molecule has 0 aliphatic heterocycles. The lowest BCUT2D eigenvalue weighted by Crippen LogP contribution is -2.34. The van der Waals surface area contributed by atoms with Crippen molar-refractivity contribution in [3.63, 3.8) is 0 Å². The third-order valence-electron chi connectivity index (χ3n) is 2.47. The van der Waals surface area contributed by atoms with Crippen molar-refractivity contribution in [3.05, 3.63) is 35.9 Å². The summed E-state index contributed by atoms with van der Waals surface area (Å²) in [5.41, 5.74) is 6.46. The monoisotopic (exact) mass is 253 g/mol. The van der Waals surface area contributed by atoms with E-state index < -0.39 is 12.0 Å². The van der Waals surface area contributed by atoms with Crippen LogP contribution in [0.3, 0.4) is 0 Å². The van der Waals surface area contributed by atoms with Gasteiger partial charge in [-0.25, -0.2) is 0 Å². The largest absolute Gasteiger partial charge is 0.480 e. The fourth-order valence-electron chi connectivity index (χ4n) is 1.21. The first-order valence-corrected chi connectivity index (χ1v) is 6.12. The number of carboxylic acid groups (broad SMARTS) is 1. The Balaban J connectivity index is 0.000000331. The summed E-state index contributed by atoms with van der Waals surface area (Å²) < 4.78 is 0. The van der Waals surface area contributed by atoms with Gasteiger partial charge in [-0.15, -0.1) is 0 Å². The molecule has 1 atom stereocenters. The molecule has 102 valence electrons. The quantitative estimate of drug-likeness (QED) is 0.745. The van der Waals surface area contributed by atoms with E-state index in [1.807, 2.05) is 18.2 Å². The Labute approximate surface area is 108 Å². The lowest BCUT2D eigenvalue weighted by atomic mass is 10.1. The van der Waals surface area contributed by atoms with Crippen LogP contribution in [0.1, 0.15) is 25.8 Å². The van der Waals surface area contributed by atoms with Crippen molar-refractivity contribution in [2.75, 3.05) is 6.61 Å². The number of benzene rings is 1. The number of carbonyl (C=O) groups is 1. The number of carboxylic acids is 1. The van der Waals surface area contributed by atoms with Gasteiger partial charge in [0.2, 0.25) is 0 Å². The average molecular weight is 253 g/mol. The van der Waals surface area contributed by atoms with Gasteiger partial charge < -0.3 is 15.9 Å². The topological polar surface area (TPSA) is 83.6 Å². The van der Waals surface area contributed by atoms with Gasteiger partial charge >= 0.3 is 5.97 Å². The van der Waals surface area contributed by atoms with Crippen molar-refractivity contribution >= 4 is 5.97 Å². The number of nitrogens with two attached hydrogens (primary N) is 1. The molecule has 1 aromatic rings. The van der Waals surface area contributed by atoms with Gasteiger partial charge in [0.15, 0.2) is 0 Å². The molecule has 4 N–H and O–H groups in total. The predicted molar refractivity (Wildman–Crippen MR) is 72.3 cm³/mol. The molecule has 0 aromatic heterocycles. The molecule has 0 spiro atoms. The highest BCUT2D eigenvalue weighted by Gasteiger charge is 2.14. The SMILES string of the molecule is CC(C)C(N)C(=O)O.OCCCc1ccccc1. The second-order valence-electron chi connectivity index (χ2n) is 4.42. The number of aliphatic hydroxyl groups is 1. The van der Waals surface area contributed by atoms with E-state index in [1.165, 1.54) is 5.56 Å². The zero-order valence-corrected chi connectivity index (χ0v) is 11.0. The molecule has 0 amide bonds. The molecular weight excluding hydrogens is 230 g/mol. The van der Waals surface area contributed by atoms with E-state index >= 15 is 0 Å². The van der Waals surface area contributed by atoms with E-state index in [-0.39, 0.29) is 12.5 Å². The Morgan fingerprint density at radius 1 is 1.28 bits per heavy atom. The fraction of sp³-hybridized carbons (Fsp3) is 0.500. The summed E-state index contributed by atoms with van der Waals surface area (Å²) in [4.78, 5) is 10.0. The minimum absolute atomic E-state index is 0.0208. The van der Waals surface area contributed by atoms with Gasteiger partial charge in [0.25, 0.3) is 0 Å². The first-order chi connectivity index (χ1) is 8.49. The van der Waals surface area contributed by atoms with Crippen molar-refractivity contribution in [3.8, 4) is 0 Å². The molecule has 0 saturated carbocycles. The van der Waals surface area contributed by atoms with Gasteiger partial charge in [-0.3, -0.25) is 4.79 Å². The van der Waals surface area contributed by atoms with E-state index in [0.717, 1.165) is 12.8 Å². The van der Waals surface area contributed by atoms with Crippen molar-refractivity contribution in [1.82, 2.24) is 0 Å². The van der Waals surface area contributed by atoms with Crippen LogP contribution in [0, 0.1) is 5.92 Å². The highest BCUT2D eigenvalue weighted by atomic mass is 16.4. The van der Waals surface area contributed by atoms with Gasteiger partial charge in [0, 0.05) is 6.61 Å². The second-order valence-corrected chi connectivity index (χ2v) is 4.42. The summed E-state index contributed by atoms with van der Waals surface area (Å²) in [6, 6.07) is 9.49. The predicted octanol–water partition coefficient (Wildman–Crippen LogP) is 1.67. The summed E-state index contributed by atoms with van der Waals surface area (Å²) >= 11 is 0. The van der Waals surface area contributed by atoms with Crippen LogP contribution in [0.25, 0.3) is 0 Å². The fourth-order valence-corrected chi connectivity index (χ4v) is 1.21. The molecule has 0 heterocycles. The number of aryl methyl sites for hydroxylation is 1. The highest BCUT2D eigenvalue weighted by molar-refractivity contribution is 5.73. The Morgan fingerprint density at radius 2 is 1.83 bits per heavy atom. The van der Waals surface area contributed by atoms with Crippen LogP contribution >= 0.6 is 0 Å². The third kappa shape index (κ3) is 7.81. The summed E-state index contributed by atoms with van der Waals surface area (Å²) in [6.45, 7) is 3.84. The maximum atomic E-state index is 10.0. The standard InChI is InChI=1S/C9H12O.C5H11NO2/c10-8-4-7-9-5-2-1-3-6-9;1-3(2)4(6)5(7)8/h1-3,5-6,10H,4,7-8H2;3-4H,6H2,1-2H3,(H,7,8). The Bertz CT molecular complexity index is 325. The summed E-state index contributed by atoms with van der Waals surface area (Å²) in [5, 5.41) is 16.8. The molecule has 18 heavy (non-hydrogen) atoms. The maximum Gasteiger partial charge on any atom is 0.320 e. The first-order valence-electron chi connectivity index (χ1n) is 6.12. The van der Waals surface area contributed by atoms with Crippen LogP contribution in [-0.4, -0.2) is 28.8 Å². The molecular formula is C14H23NO3. The molecule has 0 saturated heterocycles. The zero-order chi connectivity index (χ0) is 14.0. The molecule has 0 aliphatic carbocycles. The number of aliphatic carboxylic acids is 1. The van der Waals surface area contributed by atoms with E-state index in [1.54, 1.807) is 13.8 Å². The molecule has 4 heteroatoms. The Hall–Kier alpha value is -1.39. The number of rotatable bonds is 5. The molecule has 0 bridgehead atoms. The van der Waals surface area contributed by atoms with Crippen LogP contribution in [0.4, 0.5) is 0 Å². The van der Waals surface area contributed by atoms with Crippen LogP contribution in [0.15, 0.2) is 30.3 Å². The van der Waals surface area contributed by atoms with Crippen molar-refractivity contribution in [1.29, 1.82) is 0 Å². The van der Waals surface area contributed by atoms with E-state index in [9.17, 15) is 4.79 Å². The third-order valence-corrected chi connectivity index (χ3v) is 2.47. The van der Waals surface area contributed by atoms with Crippen LogP contribution in [0.5, 0.6) is 0 Å². The summed E-state index contributed by atoms with van der Waals surface area (Å²) in [7, 11) is 0. The highest BCUT2D eigenvalue weighted by Crippen LogP contribution is 2.00. The number of hydrogen-bond acceptors (Lipinski definition) is 3. The van der Waals surface area contributed by atoms with Crippen molar-refractivity contribution < 1.29 is 15.0 Å². The van der Waals surface area contributed by atoms with Crippen LogP contribution in [0.2, 0.25) is 0 Å². The zero-order valence-electron chi connectivity index (χ0n) is 11.0. The Morgan fingerprint density at radius 3 is 2.17 bits per heavy atom. The van der Waals surface area contributed by atoms with Crippen molar-refractivity contribution in [2.24, 2.45) is 11.7 Å². The molecule has 4 nitrogen and oxygen atoms in total. The van der Waals surface area contributed by atoms with Gasteiger partial charge in [-0.05, 0) is 24.3 Å². The summed E-state index contributed by atoms with van der Waals surface area (Å²) in [5.74, 6) is -0.910. The van der Waals surface area contributed by atoms with Crippen LogP contribution in [-0.2, 0) is 11.2 Å². The van der Waals surface area contributed by atoms with E-state index in [4.69, 9.17) is 15.9 Å². The lowest BCUT2D eigenvalue weighted by Gasteiger charge is -2.07. The van der Waals surface area contributed by atoms with E-state index in [0.29, 0.717) is 0 Å². The number of hydrogen-bond donors (Lipinski definition) is 3. The minimum Gasteiger partial charge on any atom is -0.480 e. The maximum absolute atomic E-state index is 10.0. The molecule has 1 rings (SSSR count).